The fourth-order valence-electron chi connectivity index (χ4n) is 1.97. The maximum Gasteiger partial charge on any atom is 0.269 e. The third kappa shape index (κ3) is 4.31. The normalized spacial score (nSPS) is 10.7. The van der Waals surface area contributed by atoms with Crippen LogP contribution in [0, 0.1) is 0 Å². The Hall–Kier alpha value is -2.37. The van der Waals surface area contributed by atoms with Crippen molar-refractivity contribution in [3.05, 3.63) is 42.0 Å². The van der Waals surface area contributed by atoms with Crippen molar-refractivity contribution < 1.29 is 9.53 Å². The summed E-state index contributed by atoms with van der Waals surface area (Å²) < 4.78 is 7.14. The van der Waals surface area contributed by atoms with Crippen LogP contribution in [0.2, 0.25) is 0 Å². The molecule has 2 rings (SSSR count). The van der Waals surface area contributed by atoms with Crippen LogP contribution < -0.4 is 10.1 Å². The molecular weight excluding hydrogens is 280 g/mol. The SMILES string of the molecule is CC(C)c1cc(C(=O)NCCCOc2cccnc2)n(C)n1. The predicted molar refractivity (Wildman–Crippen MR) is 84.0 cm³/mol. The smallest absolute Gasteiger partial charge is 0.269 e. The Balaban J connectivity index is 1.74. The van der Waals surface area contributed by atoms with Crippen molar-refractivity contribution in [2.75, 3.05) is 13.2 Å². The van der Waals surface area contributed by atoms with Gasteiger partial charge in [0.05, 0.1) is 18.5 Å². The molecule has 118 valence electrons. The lowest BCUT2D eigenvalue weighted by Crippen LogP contribution is -2.27. The van der Waals surface area contributed by atoms with Crippen LogP contribution in [0.3, 0.4) is 0 Å². The zero-order valence-electron chi connectivity index (χ0n) is 13.2. The van der Waals surface area contributed by atoms with Gasteiger partial charge in [-0.1, -0.05) is 13.8 Å². The van der Waals surface area contributed by atoms with Gasteiger partial charge in [0, 0.05) is 19.8 Å². The number of hydrogen-bond donors (Lipinski definition) is 1. The third-order valence-electron chi connectivity index (χ3n) is 3.23. The second kappa shape index (κ2) is 7.59. The first-order valence-corrected chi connectivity index (χ1v) is 7.43. The lowest BCUT2D eigenvalue weighted by atomic mass is 10.1. The van der Waals surface area contributed by atoms with Crippen molar-refractivity contribution in [3.63, 3.8) is 0 Å². The van der Waals surface area contributed by atoms with Crippen LogP contribution in [0.5, 0.6) is 5.75 Å². The molecular formula is C16H22N4O2. The maximum absolute atomic E-state index is 12.1. The van der Waals surface area contributed by atoms with Crippen LogP contribution in [0.15, 0.2) is 30.6 Å². The van der Waals surface area contributed by atoms with E-state index < -0.39 is 0 Å². The molecule has 0 atom stereocenters. The van der Waals surface area contributed by atoms with Crippen LogP contribution in [0.1, 0.15) is 42.4 Å². The summed E-state index contributed by atoms with van der Waals surface area (Å²) >= 11 is 0. The monoisotopic (exact) mass is 302 g/mol. The van der Waals surface area contributed by atoms with Crippen molar-refractivity contribution in [3.8, 4) is 5.75 Å². The molecule has 0 aliphatic heterocycles. The van der Waals surface area contributed by atoms with E-state index >= 15 is 0 Å². The van der Waals surface area contributed by atoms with Gasteiger partial charge in [0.1, 0.15) is 11.4 Å². The standard InChI is InChI=1S/C16H22N4O2/c1-12(2)14-10-15(20(3)19-14)16(21)18-8-5-9-22-13-6-4-7-17-11-13/h4,6-7,10-12H,5,8-9H2,1-3H3,(H,18,21). The summed E-state index contributed by atoms with van der Waals surface area (Å²) in [6.07, 6.45) is 4.10. The van der Waals surface area contributed by atoms with Crippen molar-refractivity contribution in [1.82, 2.24) is 20.1 Å². The van der Waals surface area contributed by atoms with Crippen molar-refractivity contribution in [2.24, 2.45) is 7.05 Å². The van der Waals surface area contributed by atoms with E-state index in [1.807, 2.05) is 18.2 Å². The lowest BCUT2D eigenvalue weighted by Gasteiger charge is -2.07. The minimum Gasteiger partial charge on any atom is -0.492 e. The minimum absolute atomic E-state index is 0.108. The number of aromatic nitrogens is 3. The number of rotatable bonds is 7. The molecule has 0 saturated heterocycles. The highest BCUT2D eigenvalue weighted by molar-refractivity contribution is 5.92. The summed E-state index contributed by atoms with van der Waals surface area (Å²) in [5.74, 6) is 0.936. The summed E-state index contributed by atoms with van der Waals surface area (Å²) in [5.41, 5.74) is 1.50. The third-order valence-corrected chi connectivity index (χ3v) is 3.23. The van der Waals surface area contributed by atoms with Gasteiger partial charge in [-0.15, -0.1) is 0 Å². The van der Waals surface area contributed by atoms with Gasteiger partial charge in [0.15, 0.2) is 0 Å². The fraction of sp³-hybridized carbons (Fsp3) is 0.438. The van der Waals surface area contributed by atoms with Crippen LogP contribution in [-0.2, 0) is 7.05 Å². The summed E-state index contributed by atoms with van der Waals surface area (Å²) in [5, 5.41) is 7.22. The largest absolute Gasteiger partial charge is 0.492 e. The second-order valence-electron chi connectivity index (χ2n) is 5.38. The molecule has 0 aliphatic rings. The summed E-state index contributed by atoms with van der Waals surface area (Å²) in [4.78, 5) is 16.1. The zero-order chi connectivity index (χ0) is 15.9. The topological polar surface area (TPSA) is 69.0 Å². The van der Waals surface area contributed by atoms with Crippen LogP contribution >= 0.6 is 0 Å². The van der Waals surface area contributed by atoms with Gasteiger partial charge in [-0.3, -0.25) is 14.5 Å². The Kier molecular flexibility index (Phi) is 5.52. The molecule has 0 unspecified atom stereocenters. The van der Waals surface area contributed by atoms with E-state index in [2.05, 4.69) is 29.2 Å². The van der Waals surface area contributed by atoms with Crippen molar-refractivity contribution >= 4 is 5.91 Å². The quantitative estimate of drug-likeness (QED) is 0.796. The minimum atomic E-state index is -0.108. The van der Waals surface area contributed by atoms with Gasteiger partial charge in [0.25, 0.3) is 5.91 Å². The number of nitrogens with one attached hydrogen (secondary N) is 1. The molecule has 0 saturated carbocycles. The van der Waals surface area contributed by atoms with Crippen LogP contribution in [-0.4, -0.2) is 33.8 Å². The Morgan fingerprint density at radius 3 is 2.91 bits per heavy atom. The molecule has 22 heavy (non-hydrogen) atoms. The first kappa shape index (κ1) is 16.0. The van der Waals surface area contributed by atoms with E-state index in [9.17, 15) is 4.79 Å². The van der Waals surface area contributed by atoms with E-state index in [4.69, 9.17) is 4.74 Å². The van der Waals surface area contributed by atoms with E-state index in [1.165, 1.54) is 0 Å². The van der Waals surface area contributed by atoms with Crippen molar-refractivity contribution in [2.45, 2.75) is 26.2 Å². The molecule has 0 radical (unpaired) electrons. The molecule has 0 fully saturated rings. The Bertz CT molecular complexity index is 608. The summed E-state index contributed by atoms with van der Waals surface area (Å²) in [7, 11) is 1.78. The van der Waals surface area contributed by atoms with E-state index in [1.54, 1.807) is 24.1 Å². The number of amides is 1. The molecule has 1 amide bonds. The fourth-order valence-corrected chi connectivity index (χ4v) is 1.97. The van der Waals surface area contributed by atoms with Gasteiger partial charge >= 0.3 is 0 Å². The van der Waals surface area contributed by atoms with E-state index in [-0.39, 0.29) is 5.91 Å². The average Bonchev–Trinajstić information content (AvgIpc) is 2.90. The molecule has 0 aliphatic carbocycles. The van der Waals surface area contributed by atoms with Gasteiger partial charge in [-0.25, -0.2) is 0 Å². The second-order valence-corrected chi connectivity index (χ2v) is 5.38. The van der Waals surface area contributed by atoms with Gasteiger partial charge in [0.2, 0.25) is 0 Å². The number of aryl methyl sites for hydroxylation is 1. The molecule has 6 heteroatoms. The summed E-state index contributed by atoms with van der Waals surface area (Å²) in [6, 6.07) is 5.52. The zero-order valence-corrected chi connectivity index (χ0v) is 13.2. The Labute approximate surface area is 130 Å². The Morgan fingerprint density at radius 1 is 1.45 bits per heavy atom. The van der Waals surface area contributed by atoms with Gasteiger partial charge in [-0.2, -0.15) is 5.10 Å². The molecule has 0 aromatic carbocycles. The molecule has 2 aromatic rings. The van der Waals surface area contributed by atoms with Crippen molar-refractivity contribution in [1.29, 1.82) is 0 Å². The molecule has 2 aromatic heterocycles. The lowest BCUT2D eigenvalue weighted by molar-refractivity contribution is 0.0942. The highest BCUT2D eigenvalue weighted by Crippen LogP contribution is 2.13. The van der Waals surface area contributed by atoms with E-state index in [0.717, 1.165) is 17.9 Å². The molecule has 6 nitrogen and oxygen atoms in total. The number of nitrogens with zero attached hydrogens (tertiary/aromatic N) is 3. The van der Waals surface area contributed by atoms with Crippen LogP contribution in [0.25, 0.3) is 0 Å². The highest BCUT2D eigenvalue weighted by Gasteiger charge is 2.14. The number of carbonyl (C=O) groups excluding carboxylic acids is 1. The summed E-state index contributed by atoms with van der Waals surface area (Å²) in [6.45, 7) is 5.20. The molecule has 0 spiro atoms. The first-order valence-electron chi connectivity index (χ1n) is 7.43. The predicted octanol–water partition coefficient (Wildman–Crippen LogP) is 2.14. The maximum atomic E-state index is 12.1. The number of hydrogen-bond acceptors (Lipinski definition) is 4. The average molecular weight is 302 g/mol. The molecule has 0 bridgehead atoms. The first-order chi connectivity index (χ1) is 10.6. The molecule has 1 N–H and O–H groups in total. The number of pyridine rings is 1. The highest BCUT2D eigenvalue weighted by atomic mass is 16.5. The van der Waals surface area contributed by atoms with Crippen LogP contribution in [0.4, 0.5) is 0 Å². The number of carbonyl (C=O) groups is 1. The Morgan fingerprint density at radius 2 is 2.27 bits per heavy atom. The van der Waals surface area contributed by atoms with Gasteiger partial charge < -0.3 is 10.1 Å². The van der Waals surface area contributed by atoms with Gasteiger partial charge in [-0.05, 0) is 30.5 Å². The van der Waals surface area contributed by atoms with E-state index in [0.29, 0.717) is 24.8 Å². The molecule has 2 heterocycles. The number of ether oxygens (including phenoxy) is 1.